The quantitative estimate of drug-likeness (QED) is 0.178. The molecule has 48 heavy (non-hydrogen) atoms. The molecule has 250 valence electrons. The average Bonchev–Trinajstić information content (AvgIpc) is 3.41. The van der Waals surface area contributed by atoms with E-state index in [2.05, 4.69) is 20.1 Å². The highest BCUT2D eigenvalue weighted by atomic mass is 35.5. The summed E-state index contributed by atoms with van der Waals surface area (Å²) in [6, 6.07) is 13.0. The number of piperazine rings is 1. The third-order valence-corrected chi connectivity index (χ3v) is 9.46. The molecule has 2 aliphatic rings. The number of nitriles is 1. The summed E-state index contributed by atoms with van der Waals surface area (Å²) < 4.78 is 7.09. The molecular formula is C35H38Cl2N8O3. The largest absolute Gasteiger partial charge is 0.481 e. The van der Waals surface area contributed by atoms with Gasteiger partial charge in [0.25, 0.3) is 5.91 Å². The molecular weight excluding hydrogens is 651 g/mol. The fourth-order valence-electron chi connectivity index (χ4n) is 5.94. The molecule has 0 bridgehead atoms. The zero-order valence-electron chi connectivity index (χ0n) is 27.2. The van der Waals surface area contributed by atoms with Crippen molar-refractivity contribution in [2.24, 2.45) is 7.05 Å². The highest BCUT2D eigenvalue weighted by Crippen LogP contribution is 2.39. The molecule has 0 saturated carbocycles. The number of rotatable bonds is 9. The molecule has 13 heteroatoms. The number of carbonyl (C=O) groups excluding carboxylic acids is 2. The Bertz CT molecular complexity index is 1820. The van der Waals surface area contributed by atoms with E-state index in [-0.39, 0.29) is 24.1 Å². The summed E-state index contributed by atoms with van der Waals surface area (Å²) in [7, 11) is 5.36. The predicted molar refractivity (Wildman–Crippen MR) is 188 cm³/mol. The van der Waals surface area contributed by atoms with E-state index in [0.717, 1.165) is 29.9 Å². The molecule has 3 heterocycles. The van der Waals surface area contributed by atoms with E-state index < -0.39 is 0 Å². The Kier molecular flexibility index (Phi) is 11.3. The van der Waals surface area contributed by atoms with Gasteiger partial charge >= 0.3 is 0 Å². The number of halogens is 2. The van der Waals surface area contributed by atoms with Crippen LogP contribution in [0.1, 0.15) is 34.0 Å². The first-order valence-electron chi connectivity index (χ1n) is 15.6. The summed E-state index contributed by atoms with van der Waals surface area (Å²) in [4.78, 5) is 36.0. The van der Waals surface area contributed by atoms with Crippen molar-refractivity contribution < 1.29 is 14.3 Å². The third kappa shape index (κ3) is 7.80. The number of aromatic nitrogens is 2. The molecule has 2 aromatic carbocycles. The Morgan fingerprint density at radius 1 is 1.06 bits per heavy atom. The number of allylic oxidation sites excluding steroid dienone is 2. The molecule has 2 aliphatic heterocycles. The molecule has 2 N–H and O–H groups in total. The van der Waals surface area contributed by atoms with E-state index in [0.29, 0.717) is 77.5 Å². The van der Waals surface area contributed by atoms with E-state index in [1.807, 2.05) is 73.3 Å². The topological polar surface area (TPSA) is 131 Å². The van der Waals surface area contributed by atoms with Crippen LogP contribution >= 0.6 is 23.2 Å². The second kappa shape index (κ2) is 15.6. The van der Waals surface area contributed by atoms with Crippen LogP contribution in [0.25, 0.3) is 17.2 Å². The molecule has 0 atom stereocenters. The van der Waals surface area contributed by atoms with E-state index >= 15 is 0 Å². The maximum atomic E-state index is 13.3. The normalized spacial score (nSPS) is 15.7. The number of benzene rings is 2. The lowest BCUT2D eigenvalue weighted by Gasteiger charge is -2.34. The van der Waals surface area contributed by atoms with E-state index in [1.165, 1.54) is 7.11 Å². The summed E-state index contributed by atoms with van der Waals surface area (Å²) in [5.41, 5.74) is 5.22. The molecule has 5 rings (SSSR count). The summed E-state index contributed by atoms with van der Waals surface area (Å²) in [6.45, 7) is 4.41. The van der Waals surface area contributed by atoms with Gasteiger partial charge in [0, 0.05) is 81.7 Å². The van der Waals surface area contributed by atoms with Crippen LogP contribution in [0, 0.1) is 16.7 Å². The molecule has 0 radical (unpaired) electrons. The Hall–Kier alpha value is -4.47. The SMILES string of the molecule is COC(=N)/C(=C\C=C\c1cccc(-c2cccc(NC(=O)c3nc4c(n3C)CCN(C)C4)c2Cl)c1Cl)CN1CCN(C(=O)CC#N)CC1. The maximum Gasteiger partial charge on any atom is 0.291 e. The number of hydrogen-bond acceptors (Lipinski definition) is 8. The van der Waals surface area contributed by atoms with Crippen molar-refractivity contribution in [3.05, 3.63) is 86.9 Å². The standard InChI is InChI=1S/C35H38Cl2N8O3/c1-42-16-14-29-28(22-42)40-34(43(29)2)35(47)41-27-12-6-11-26(32(27)37)25-10-5-8-23(31(25)36)7-4-9-24(33(39)48-3)21-44-17-19-45(20-18-44)30(46)13-15-38/h4-12,39H,13-14,16-22H2,1-3H3,(H,41,47)/b7-4+,24-9-,39-33?. The van der Waals surface area contributed by atoms with Crippen molar-refractivity contribution in [1.82, 2.24) is 24.3 Å². The number of amides is 2. The highest BCUT2D eigenvalue weighted by Gasteiger charge is 2.25. The van der Waals surface area contributed by atoms with E-state index in [9.17, 15) is 9.59 Å². The van der Waals surface area contributed by atoms with Gasteiger partial charge in [0.1, 0.15) is 6.42 Å². The van der Waals surface area contributed by atoms with Crippen molar-refractivity contribution in [3.63, 3.8) is 0 Å². The van der Waals surface area contributed by atoms with Gasteiger partial charge in [-0.25, -0.2) is 4.98 Å². The zero-order valence-corrected chi connectivity index (χ0v) is 28.7. The predicted octanol–water partition coefficient (Wildman–Crippen LogP) is 5.26. The van der Waals surface area contributed by atoms with Crippen molar-refractivity contribution in [1.29, 1.82) is 10.7 Å². The molecule has 1 aromatic heterocycles. The molecule has 0 aliphatic carbocycles. The minimum Gasteiger partial charge on any atom is -0.481 e. The van der Waals surface area contributed by atoms with Crippen LogP contribution in [0.3, 0.4) is 0 Å². The van der Waals surface area contributed by atoms with Crippen LogP contribution in [0.5, 0.6) is 0 Å². The number of methoxy groups -OCH3 is 1. The molecule has 1 fully saturated rings. The molecule has 3 aromatic rings. The Morgan fingerprint density at radius 2 is 1.77 bits per heavy atom. The van der Waals surface area contributed by atoms with Gasteiger partial charge in [0.2, 0.25) is 11.8 Å². The van der Waals surface area contributed by atoms with Gasteiger partial charge in [-0.15, -0.1) is 0 Å². The number of nitrogens with zero attached hydrogens (tertiary/aromatic N) is 6. The van der Waals surface area contributed by atoms with Crippen LogP contribution < -0.4 is 5.32 Å². The highest BCUT2D eigenvalue weighted by molar-refractivity contribution is 6.39. The molecule has 2 amide bonds. The van der Waals surface area contributed by atoms with Crippen LogP contribution in [0.2, 0.25) is 10.0 Å². The minimum atomic E-state index is -0.338. The van der Waals surface area contributed by atoms with Gasteiger partial charge in [-0.1, -0.05) is 71.8 Å². The average molecular weight is 690 g/mol. The van der Waals surface area contributed by atoms with E-state index in [4.69, 9.17) is 38.6 Å². The first-order valence-corrected chi connectivity index (χ1v) is 16.4. The number of ether oxygens (including phenoxy) is 1. The van der Waals surface area contributed by atoms with Gasteiger partial charge in [0.05, 0.1) is 34.6 Å². The summed E-state index contributed by atoms with van der Waals surface area (Å²) >= 11 is 13.8. The Morgan fingerprint density at radius 3 is 2.48 bits per heavy atom. The second-order valence-corrected chi connectivity index (χ2v) is 12.5. The Labute approximate surface area is 290 Å². The summed E-state index contributed by atoms with van der Waals surface area (Å²) in [6.07, 6.45) is 6.21. The van der Waals surface area contributed by atoms with E-state index in [1.54, 1.807) is 11.0 Å². The number of likely N-dealkylation sites (N-methyl/N-ethyl adjacent to an activating group) is 1. The third-order valence-electron chi connectivity index (χ3n) is 8.63. The van der Waals surface area contributed by atoms with Crippen molar-refractivity contribution in [2.75, 3.05) is 58.7 Å². The number of hydrogen-bond donors (Lipinski definition) is 2. The molecule has 0 spiro atoms. The van der Waals surface area contributed by atoms with Crippen molar-refractivity contribution >= 4 is 52.7 Å². The molecule has 1 saturated heterocycles. The van der Waals surface area contributed by atoms with Gasteiger partial charge in [-0.05, 0) is 18.7 Å². The number of anilines is 1. The van der Waals surface area contributed by atoms with Crippen LogP contribution in [0.15, 0.2) is 54.1 Å². The van der Waals surface area contributed by atoms with Crippen LogP contribution in [-0.4, -0.2) is 95.4 Å². The summed E-state index contributed by atoms with van der Waals surface area (Å²) in [5.74, 6) is -0.113. The number of nitrogens with one attached hydrogen (secondary N) is 2. The fraction of sp³-hybridized carbons (Fsp3) is 0.343. The molecule has 0 unspecified atom stereocenters. The number of imidazole rings is 1. The van der Waals surface area contributed by atoms with Crippen LogP contribution in [-0.2, 0) is 29.5 Å². The lowest BCUT2D eigenvalue weighted by Crippen LogP contribution is -2.49. The lowest BCUT2D eigenvalue weighted by molar-refractivity contribution is -0.131. The first kappa shape index (κ1) is 34.9. The minimum absolute atomic E-state index is 0.0474. The molecule has 11 nitrogen and oxygen atoms in total. The van der Waals surface area contributed by atoms with Gasteiger partial charge in [-0.3, -0.25) is 19.9 Å². The summed E-state index contributed by atoms with van der Waals surface area (Å²) in [5, 5.41) is 20.9. The van der Waals surface area contributed by atoms with Crippen LogP contribution in [0.4, 0.5) is 5.69 Å². The van der Waals surface area contributed by atoms with Gasteiger partial charge in [0.15, 0.2) is 5.82 Å². The smallest absolute Gasteiger partial charge is 0.291 e. The fourth-order valence-corrected chi connectivity index (χ4v) is 6.50. The van der Waals surface area contributed by atoms with Crippen molar-refractivity contribution in [3.8, 4) is 17.2 Å². The maximum absolute atomic E-state index is 13.3. The second-order valence-electron chi connectivity index (χ2n) is 11.8. The van der Waals surface area contributed by atoms with Gasteiger partial charge in [-0.2, -0.15) is 5.26 Å². The first-order chi connectivity index (χ1) is 23.1. The number of carbonyl (C=O) groups is 2. The Balaban J connectivity index is 1.31. The van der Waals surface area contributed by atoms with Gasteiger partial charge < -0.3 is 24.4 Å². The number of fused-ring (bicyclic) bond motifs is 1. The zero-order chi connectivity index (χ0) is 34.4. The van der Waals surface area contributed by atoms with Crippen molar-refractivity contribution in [2.45, 2.75) is 19.4 Å². The lowest BCUT2D eigenvalue weighted by atomic mass is 10.0. The monoisotopic (exact) mass is 688 g/mol.